The summed E-state index contributed by atoms with van der Waals surface area (Å²) in [5, 5.41) is 13.7. The number of rotatable bonds is 3. The predicted molar refractivity (Wildman–Crippen MR) is 92.2 cm³/mol. The molecule has 0 spiro atoms. The first-order valence-electron chi connectivity index (χ1n) is 9.82. The fraction of sp³-hybridized carbons (Fsp3) is 1.00. The van der Waals surface area contributed by atoms with Gasteiger partial charge in [-0.15, -0.1) is 0 Å². The fourth-order valence-corrected chi connectivity index (χ4v) is 4.11. The Morgan fingerprint density at radius 1 is 0.727 bits per heavy atom. The molecule has 3 atom stereocenters. The molecule has 2 aliphatic carbocycles. The van der Waals surface area contributed by atoms with E-state index in [1.54, 1.807) is 0 Å². The largest absolute Gasteiger partial charge is 0.389 e. The van der Waals surface area contributed by atoms with E-state index in [1.165, 1.54) is 77.0 Å². The SMILES string of the molecule is CNC1CCCC(OC2CCCCCCCCCCC2)C1O. The normalized spacial score (nSPS) is 33.8. The van der Waals surface area contributed by atoms with Gasteiger partial charge >= 0.3 is 0 Å². The molecule has 0 aromatic heterocycles. The smallest absolute Gasteiger partial charge is 0.0954 e. The zero-order chi connectivity index (χ0) is 15.6. The Hall–Kier alpha value is -0.120. The van der Waals surface area contributed by atoms with E-state index in [-0.39, 0.29) is 18.2 Å². The van der Waals surface area contributed by atoms with Crippen molar-refractivity contribution in [1.82, 2.24) is 5.32 Å². The molecule has 2 rings (SSSR count). The van der Waals surface area contributed by atoms with Gasteiger partial charge in [0.1, 0.15) is 0 Å². The second-order valence-corrected chi connectivity index (χ2v) is 7.37. The molecule has 130 valence electrons. The minimum absolute atomic E-state index is 0.0455. The van der Waals surface area contributed by atoms with Crippen LogP contribution in [0, 0.1) is 0 Å². The summed E-state index contributed by atoms with van der Waals surface area (Å²) in [6.07, 6.45) is 18.1. The summed E-state index contributed by atoms with van der Waals surface area (Å²) in [4.78, 5) is 0. The van der Waals surface area contributed by atoms with Crippen LogP contribution in [-0.2, 0) is 4.74 Å². The molecular formula is C19H37NO2. The molecule has 2 aliphatic rings. The summed E-state index contributed by atoms with van der Waals surface area (Å²) in [5.41, 5.74) is 0. The van der Waals surface area contributed by atoms with E-state index in [1.807, 2.05) is 7.05 Å². The van der Waals surface area contributed by atoms with Crippen LogP contribution in [0.5, 0.6) is 0 Å². The van der Waals surface area contributed by atoms with Crippen molar-refractivity contribution in [3.8, 4) is 0 Å². The van der Waals surface area contributed by atoms with Crippen molar-refractivity contribution in [2.24, 2.45) is 0 Å². The van der Waals surface area contributed by atoms with Gasteiger partial charge in [-0.3, -0.25) is 0 Å². The topological polar surface area (TPSA) is 41.5 Å². The van der Waals surface area contributed by atoms with E-state index in [4.69, 9.17) is 4.74 Å². The minimum atomic E-state index is -0.333. The van der Waals surface area contributed by atoms with Gasteiger partial charge in [-0.1, -0.05) is 57.8 Å². The van der Waals surface area contributed by atoms with E-state index >= 15 is 0 Å². The monoisotopic (exact) mass is 311 g/mol. The summed E-state index contributed by atoms with van der Waals surface area (Å²) in [5.74, 6) is 0. The minimum Gasteiger partial charge on any atom is -0.389 e. The Labute approximate surface area is 137 Å². The number of aliphatic hydroxyl groups is 1. The average molecular weight is 312 g/mol. The van der Waals surface area contributed by atoms with E-state index in [0.717, 1.165) is 12.8 Å². The number of hydrogen-bond donors (Lipinski definition) is 2. The lowest BCUT2D eigenvalue weighted by molar-refractivity contribution is -0.108. The van der Waals surface area contributed by atoms with Gasteiger partial charge in [0.15, 0.2) is 0 Å². The molecule has 0 radical (unpaired) electrons. The van der Waals surface area contributed by atoms with Crippen LogP contribution in [0.15, 0.2) is 0 Å². The maximum absolute atomic E-state index is 10.5. The van der Waals surface area contributed by atoms with Gasteiger partial charge in [0, 0.05) is 6.04 Å². The summed E-state index contributed by atoms with van der Waals surface area (Å²) >= 11 is 0. The third kappa shape index (κ3) is 6.17. The van der Waals surface area contributed by atoms with E-state index < -0.39 is 0 Å². The van der Waals surface area contributed by atoms with Crippen molar-refractivity contribution in [3.05, 3.63) is 0 Å². The number of likely N-dealkylation sites (N-methyl/N-ethyl adjacent to an activating group) is 1. The van der Waals surface area contributed by atoms with Crippen LogP contribution >= 0.6 is 0 Å². The maximum atomic E-state index is 10.5. The fourth-order valence-electron chi connectivity index (χ4n) is 4.11. The first kappa shape index (κ1) is 18.2. The van der Waals surface area contributed by atoms with E-state index in [0.29, 0.717) is 6.10 Å². The highest BCUT2D eigenvalue weighted by Crippen LogP contribution is 2.26. The molecule has 3 heteroatoms. The van der Waals surface area contributed by atoms with Gasteiger partial charge < -0.3 is 15.2 Å². The molecule has 2 saturated carbocycles. The van der Waals surface area contributed by atoms with E-state index in [2.05, 4.69) is 5.32 Å². The number of hydrogen-bond acceptors (Lipinski definition) is 3. The van der Waals surface area contributed by atoms with Gasteiger partial charge in [0.05, 0.1) is 18.3 Å². The highest BCUT2D eigenvalue weighted by molar-refractivity contribution is 4.87. The zero-order valence-corrected chi connectivity index (χ0v) is 14.6. The third-order valence-electron chi connectivity index (χ3n) is 5.59. The molecular weight excluding hydrogens is 274 g/mol. The molecule has 0 aromatic rings. The summed E-state index contributed by atoms with van der Waals surface area (Å²) in [7, 11) is 1.95. The summed E-state index contributed by atoms with van der Waals surface area (Å²) in [6.45, 7) is 0. The molecule has 22 heavy (non-hydrogen) atoms. The molecule has 0 aliphatic heterocycles. The third-order valence-corrected chi connectivity index (χ3v) is 5.59. The average Bonchev–Trinajstić information content (AvgIpc) is 2.52. The van der Waals surface area contributed by atoms with Crippen LogP contribution in [0.4, 0.5) is 0 Å². The molecule has 0 saturated heterocycles. The predicted octanol–water partition coefficient (Wildman–Crippen LogP) is 4.18. The van der Waals surface area contributed by atoms with Crippen molar-refractivity contribution < 1.29 is 9.84 Å². The number of nitrogens with one attached hydrogen (secondary N) is 1. The number of ether oxygens (including phenoxy) is 1. The zero-order valence-electron chi connectivity index (χ0n) is 14.6. The Morgan fingerprint density at radius 3 is 1.82 bits per heavy atom. The van der Waals surface area contributed by atoms with Gasteiger partial charge in [-0.05, 0) is 39.2 Å². The maximum Gasteiger partial charge on any atom is 0.0954 e. The lowest BCUT2D eigenvalue weighted by Gasteiger charge is -2.36. The van der Waals surface area contributed by atoms with Gasteiger partial charge in [0.25, 0.3) is 0 Å². The quantitative estimate of drug-likeness (QED) is 0.821. The molecule has 3 unspecified atom stereocenters. The first-order chi connectivity index (χ1) is 10.8. The van der Waals surface area contributed by atoms with Gasteiger partial charge in [-0.25, -0.2) is 0 Å². The van der Waals surface area contributed by atoms with E-state index in [9.17, 15) is 5.11 Å². The molecule has 0 amide bonds. The molecule has 0 aromatic carbocycles. The lowest BCUT2D eigenvalue weighted by Crippen LogP contribution is -2.49. The van der Waals surface area contributed by atoms with Crippen molar-refractivity contribution in [2.75, 3.05) is 7.05 Å². The molecule has 0 heterocycles. The van der Waals surface area contributed by atoms with Gasteiger partial charge in [-0.2, -0.15) is 0 Å². The molecule has 2 N–H and O–H groups in total. The molecule has 2 fully saturated rings. The Morgan fingerprint density at radius 2 is 1.27 bits per heavy atom. The van der Waals surface area contributed by atoms with Crippen LogP contribution in [0.3, 0.4) is 0 Å². The number of aliphatic hydroxyl groups excluding tert-OH is 1. The summed E-state index contributed by atoms with van der Waals surface area (Å²) in [6, 6.07) is 0.213. The Balaban J connectivity index is 1.81. The van der Waals surface area contributed by atoms with Crippen molar-refractivity contribution in [3.63, 3.8) is 0 Å². The second-order valence-electron chi connectivity index (χ2n) is 7.37. The summed E-state index contributed by atoms with van der Waals surface area (Å²) < 4.78 is 6.39. The van der Waals surface area contributed by atoms with Crippen molar-refractivity contribution >= 4 is 0 Å². The molecule has 0 bridgehead atoms. The van der Waals surface area contributed by atoms with Crippen LogP contribution in [0.2, 0.25) is 0 Å². The molecule has 3 nitrogen and oxygen atoms in total. The Kier molecular flexibility index (Phi) is 8.79. The van der Waals surface area contributed by atoms with Crippen LogP contribution < -0.4 is 5.32 Å². The van der Waals surface area contributed by atoms with Crippen LogP contribution in [0.25, 0.3) is 0 Å². The first-order valence-corrected chi connectivity index (χ1v) is 9.82. The highest BCUT2D eigenvalue weighted by Gasteiger charge is 2.33. The lowest BCUT2D eigenvalue weighted by atomic mass is 9.89. The van der Waals surface area contributed by atoms with Crippen molar-refractivity contribution in [2.45, 2.75) is 114 Å². The highest BCUT2D eigenvalue weighted by atomic mass is 16.5. The Bertz CT molecular complexity index is 273. The second kappa shape index (κ2) is 10.6. The van der Waals surface area contributed by atoms with Crippen LogP contribution in [-0.4, -0.2) is 36.5 Å². The van der Waals surface area contributed by atoms with Gasteiger partial charge in [0.2, 0.25) is 0 Å². The van der Waals surface area contributed by atoms with Crippen molar-refractivity contribution in [1.29, 1.82) is 0 Å². The standard InChI is InChI=1S/C19H37NO2/c1-20-17-14-11-15-18(19(17)21)22-16-12-9-7-5-3-2-4-6-8-10-13-16/h16-21H,2-15H2,1H3. The van der Waals surface area contributed by atoms with Crippen LogP contribution in [0.1, 0.15) is 89.9 Å².